The summed E-state index contributed by atoms with van der Waals surface area (Å²) in [4.78, 5) is 2.75. The van der Waals surface area contributed by atoms with Crippen LogP contribution in [0.25, 0.3) is 0 Å². The molecule has 1 heterocycles. The molecule has 0 radical (unpaired) electrons. The third kappa shape index (κ3) is 4.10. The van der Waals surface area contributed by atoms with Gasteiger partial charge in [-0.05, 0) is 36.3 Å². The molecule has 0 aliphatic heterocycles. The van der Waals surface area contributed by atoms with Crippen molar-refractivity contribution in [3.8, 4) is 0 Å². The fourth-order valence-electron chi connectivity index (χ4n) is 1.55. The van der Waals surface area contributed by atoms with Crippen molar-refractivity contribution >= 4 is 22.9 Å². The summed E-state index contributed by atoms with van der Waals surface area (Å²) >= 11 is 8.29. The first-order valence-corrected chi connectivity index (χ1v) is 7.30. The number of thiophene rings is 1. The van der Waals surface area contributed by atoms with Gasteiger partial charge in [0.25, 0.3) is 0 Å². The lowest BCUT2D eigenvalue weighted by atomic mass is 9.95. The lowest BCUT2D eigenvalue weighted by Gasteiger charge is -2.15. The van der Waals surface area contributed by atoms with E-state index < -0.39 is 0 Å². The first-order chi connectivity index (χ1) is 7.30. The Balaban J connectivity index is 2.63. The molecule has 0 amide bonds. The molecule has 0 fully saturated rings. The summed E-state index contributed by atoms with van der Waals surface area (Å²) in [6.07, 6.45) is 2.29. The van der Waals surface area contributed by atoms with Gasteiger partial charge in [-0.15, -0.1) is 22.9 Å². The SMILES string of the molecule is CC(C)CCC(Cl)c1ccc(C(C)(C)C)s1. The monoisotopic (exact) mass is 258 g/mol. The van der Waals surface area contributed by atoms with Crippen molar-refractivity contribution in [1.29, 1.82) is 0 Å². The van der Waals surface area contributed by atoms with Crippen LogP contribution >= 0.6 is 22.9 Å². The van der Waals surface area contributed by atoms with E-state index in [1.165, 1.54) is 16.2 Å². The fraction of sp³-hybridized carbons (Fsp3) is 0.714. The van der Waals surface area contributed by atoms with E-state index in [-0.39, 0.29) is 10.8 Å². The maximum atomic E-state index is 6.42. The molecule has 0 saturated heterocycles. The molecule has 16 heavy (non-hydrogen) atoms. The maximum absolute atomic E-state index is 6.42. The van der Waals surface area contributed by atoms with Crippen LogP contribution in [-0.2, 0) is 5.41 Å². The second-order valence-corrected chi connectivity index (χ2v) is 7.53. The van der Waals surface area contributed by atoms with Gasteiger partial charge in [-0.25, -0.2) is 0 Å². The quantitative estimate of drug-likeness (QED) is 0.602. The second-order valence-electron chi connectivity index (χ2n) is 5.89. The van der Waals surface area contributed by atoms with Crippen molar-refractivity contribution in [2.24, 2.45) is 5.92 Å². The predicted octanol–water partition coefficient (Wildman–Crippen LogP) is 5.76. The number of alkyl halides is 1. The molecular formula is C14H23ClS. The molecule has 0 aliphatic carbocycles. The molecule has 1 atom stereocenters. The van der Waals surface area contributed by atoms with Gasteiger partial charge in [0, 0.05) is 9.75 Å². The smallest absolute Gasteiger partial charge is 0.0678 e. The molecule has 1 aromatic heterocycles. The van der Waals surface area contributed by atoms with Crippen LogP contribution in [0, 0.1) is 5.92 Å². The molecular weight excluding hydrogens is 236 g/mol. The summed E-state index contributed by atoms with van der Waals surface area (Å²) in [6, 6.07) is 4.42. The predicted molar refractivity (Wildman–Crippen MR) is 75.7 cm³/mol. The van der Waals surface area contributed by atoms with Crippen molar-refractivity contribution in [2.75, 3.05) is 0 Å². The van der Waals surface area contributed by atoms with Crippen molar-refractivity contribution in [3.05, 3.63) is 21.9 Å². The van der Waals surface area contributed by atoms with Gasteiger partial charge >= 0.3 is 0 Å². The highest BCUT2D eigenvalue weighted by Crippen LogP contribution is 2.36. The van der Waals surface area contributed by atoms with Crippen molar-refractivity contribution in [1.82, 2.24) is 0 Å². The lowest BCUT2D eigenvalue weighted by molar-refractivity contribution is 0.551. The number of hydrogen-bond donors (Lipinski definition) is 0. The van der Waals surface area contributed by atoms with Crippen LogP contribution in [0.1, 0.15) is 62.6 Å². The zero-order valence-corrected chi connectivity index (χ0v) is 12.6. The minimum Gasteiger partial charge on any atom is -0.143 e. The molecule has 0 nitrogen and oxygen atoms in total. The summed E-state index contributed by atoms with van der Waals surface area (Å²) < 4.78 is 0. The third-order valence-electron chi connectivity index (χ3n) is 2.67. The van der Waals surface area contributed by atoms with Crippen LogP contribution in [0.3, 0.4) is 0 Å². The molecule has 1 rings (SSSR count). The lowest BCUT2D eigenvalue weighted by Crippen LogP contribution is -2.07. The van der Waals surface area contributed by atoms with Gasteiger partial charge in [0.2, 0.25) is 0 Å². The van der Waals surface area contributed by atoms with Gasteiger partial charge < -0.3 is 0 Å². The van der Waals surface area contributed by atoms with Gasteiger partial charge in [-0.3, -0.25) is 0 Å². The molecule has 92 valence electrons. The summed E-state index contributed by atoms with van der Waals surface area (Å²) in [5.74, 6) is 0.739. The Morgan fingerprint density at radius 3 is 2.25 bits per heavy atom. The van der Waals surface area contributed by atoms with E-state index in [0.717, 1.165) is 12.3 Å². The Hall–Kier alpha value is -0.0100. The Labute approximate surface area is 109 Å². The number of rotatable bonds is 4. The largest absolute Gasteiger partial charge is 0.143 e. The van der Waals surface area contributed by atoms with E-state index in [1.54, 1.807) is 0 Å². The van der Waals surface area contributed by atoms with Crippen LogP contribution < -0.4 is 0 Å². The van der Waals surface area contributed by atoms with Crippen LogP contribution in [0.4, 0.5) is 0 Å². The summed E-state index contributed by atoms with van der Waals surface area (Å²) in [5.41, 5.74) is 0.248. The van der Waals surface area contributed by atoms with Crippen LogP contribution in [-0.4, -0.2) is 0 Å². The van der Waals surface area contributed by atoms with E-state index in [2.05, 4.69) is 46.8 Å². The maximum Gasteiger partial charge on any atom is 0.0678 e. The van der Waals surface area contributed by atoms with Gasteiger partial charge in [0.05, 0.1) is 5.38 Å². The highest BCUT2D eigenvalue weighted by Gasteiger charge is 2.18. The first-order valence-electron chi connectivity index (χ1n) is 6.05. The van der Waals surface area contributed by atoms with E-state index in [1.807, 2.05) is 11.3 Å². The summed E-state index contributed by atoms with van der Waals surface area (Å²) in [5, 5.41) is 0.198. The van der Waals surface area contributed by atoms with Crippen LogP contribution in [0.15, 0.2) is 12.1 Å². The average Bonchev–Trinajstić information content (AvgIpc) is 2.61. The van der Waals surface area contributed by atoms with Gasteiger partial charge in [0.15, 0.2) is 0 Å². The molecule has 0 spiro atoms. The Morgan fingerprint density at radius 2 is 1.81 bits per heavy atom. The molecule has 1 unspecified atom stereocenters. The summed E-state index contributed by atoms with van der Waals surface area (Å²) in [7, 11) is 0. The topological polar surface area (TPSA) is 0 Å². The van der Waals surface area contributed by atoms with Gasteiger partial charge in [0.1, 0.15) is 0 Å². The van der Waals surface area contributed by atoms with Crippen molar-refractivity contribution in [3.63, 3.8) is 0 Å². The molecule has 1 aromatic rings. The first kappa shape index (κ1) is 14.1. The highest BCUT2D eigenvalue weighted by molar-refractivity contribution is 7.12. The van der Waals surface area contributed by atoms with Crippen molar-refractivity contribution < 1.29 is 0 Å². The van der Waals surface area contributed by atoms with E-state index in [4.69, 9.17) is 11.6 Å². The van der Waals surface area contributed by atoms with Crippen LogP contribution in [0.2, 0.25) is 0 Å². The van der Waals surface area contributed by atoms with Gasteiger partial charge in [-0.1, -0.05) is 34.6 Å². The Bertz CT molecular complexity index is 320. The minimum atomic E-state index is 0.198. The third-order valence-corrected chi connectivity index (χ3v) is 4.88. The summed E-state index contributed by atoms with van der Waals surface area (Å²) in [6.45, 7) is 11.2. The van der Waals surface area contributed by atoms with Crippen LogP contribution in [0.5, 0.6) is 0 Å². The van der Waals surface area contributed by atoms with E-state index >= 15 is 0 Å². The average molecular weight is 259 g/mol. The molecule has 0 aromatic carbocycles. The van der Waals surface area contributed by atoms with Crippen molar-refractivity contribution in [2.45, 2.75) is 58.3 Å². The molecule has 0 bridgehead atoms. The highest BCUT2D eigenvalue weighted by atomic mass is 35.5. The molecule has 0 saturated carbocycles. The second kappa shape index (κ2) is 5.55. The Kier molecular flexibility index (Phi) is 4.88. The normalized spacial score (nSPS) is 14.4. The molecule has 0 aliphatic rings. The Morgan fingerprint density at radius 1 is 1.19 bits per heavy atom. The molecule has 2 heteroatoms. The molecule has 0 N–H and O–H groups in total. The fourth-order valence-corrected chi connectivity index (χ4v) is 2.96. The number of hydrogen-bond acceptors (Lipinski definition) is 1. The zero-order chi connectivity index (χ0) is 12.3. The van der Waals surface area contributed by atoms with Gasteiger partial charge in [-0.2, -0.15) is 0 Å². The standard InChI is InChI=1S/C14H23ClS/c1-10(2)6-7-11(15)12-8-9-13(16-12)14(3,4)5/h8-11H,6-7H2,1-5H3. The number of halogens is 1. The minimum absolute atomic E-state index is 0.198. The zero-order valence-electron chi connectivity index (χ0n) is 11.0. The van der Waals surface area contributed by atoms with E-state index in [0.29, 0.717) is 0 Å². The van der Waals surface area contributed by atoms with E-state index in [9.17, 15) is 0 Å².